The van der Waals surface area contributed by atoms with Gasteiger partial charge in [0.1, 0.15) is 6.26 Å². The van der Waals surface area contributed by atoms with Gasteiger partial charge in [-0.15, -0.1) is 0 Å². The van der Waals surface area contributed by atoms with Crippen molar-refractivity contribution in [2.24, 2.45) is 0 Å². The summed E-state index contributed by atoms with van der Waals surface area (Å²) in [4.78, 5) is 6.76. The number of benzene rings is 1. The number of aliphatic hydroxyl groups is 1. The molecule has 0 aliphatic carbocycles. The molecule has 0 radical (unpaired) electrons. The number of hydrogen-bond acceptors (Lipinski definition) is 4. The molecule has 1 saturated heterocycles. The zero-order chi connectivity index (χ0) is 14.0. The minimum atomic E-state index is -0.579. The normalized spacial score (nSPS) is 23.9. The Morgan fingerprint density at radius 1 is 1.35 bits per heavy atom. The quantitative estimate of drug-likeness (QED) is 0.933. The maximum atomic E-state index is 10.1. The van der Waals surface area contributed by atoms with E-state index < -0.39 is 5.60 Å². The highest BCUT2D eigenvalue weighted by molar-refractivity contribution is 5.52. The fourth-order valence-electron chi connectivity index (χ4n) is 2.78. The highest BCUT2D eigenvalue weighted by atomic mass is 16.3. The molecule has 0 amide bonds. The fourth-order valence-corrected chi connectivity index (χ4v) is 2.78. The van der Waals surface area contributed by atoms with Gasteiger partial charge in [-0.25, -0.2) is 4.98 Å². The topological polar surface area (TPSA) is 49.5 Å². The van der Waals surface area contributed by atoms with Crippen LogP contribution in [-0.4, -0.2) is 33.7 Å². The second-order valence-electron chi connectivity index (χ2n) is 5.82. The molecule has 0 spiro atoms. The van der Waals surface area contributed by atoms with E-state index in [2.05, 4.69) is 9.88 Å². The van der Waals surface area contributed by atoms with Gasteiger partial charge >= 0.3 is 0 Å². The SMILES string of the molecule is CC1(O)CCCN(Cc2coc(-c3ccccc3)n2)C1. The summed E-state index contributed by atoms with van der Waals surface area (Å²) >= 11 is 0. The zero-order valence-electron chi connectivity index (χ0n) is 11.7. The van der Waals surface area contributed by atoms with E-state index in [4.69, 9.17) is 4.42 Å². The first-order valence-electron chi connectivity index (χ1n) is 7.07. The van der Waals surface area contributed by atoms with Gasteiger partial charge in [0, 0.05) is 18.7 Å². The van der Waals surface area contributed by atoms with Crippen LogP contribution in [0.5, 0.6) is 0 Å². The van der Waals surface area contributed by atoms with E-state index in [1.807, 2.05) is 37.3 Å². The number of likely N-dealkylation sites (tertiary alicyclic amines) is 1. The lowest BCUT2D eigenvalue weighted by Crippen LogP contribution is -2.45. The lowest BCUT2D eigenvalue weighted by molar-refractivity contribution is -0.0184. The number of oxazole rings is 1. The Morgan fingerprint density at radius 3 is 2.90 bits per heavy atom. The zero-order valence-corrected chi connectivity index (χ0v) is 11.7. The number of piperidine rings is 1. The molecule has 1 fully saturated rings. The van der Waals surface area contributed by atoms with E-state index in [0.29, 0.717) is 12.4 Å². The Balaban J connectivity index is 1.69. The van der Waals surface area contributed by atoms with E-state index in [9.17, 15) is 5.11 Å². The molecule has 1 aliphatic heterocycles. The third-order valence-corrected chi connectivity index (χ3v) is 3.71. The van der Waals surface area contributed by atoms with Crippen LogP contribution in [0, 0.1) is 0 Å². The molecule has 4 heteroatoms. The Kier molecular flexibility index (Phi) is 3.59. The molecular weight excluding hydrogens is 252 g/mol. The van der Waals surface area contributed by atoms with Crippen molar-refractivity contribution >= 4 is 0 Å². The highest BCUT2D eigenvalue weighted by Crippen LogP contribution is 2.23. The van der Waals surface area contributed by atoms with E-state index in [1.54, 1.807) is 6.26 Å². The molecule has 1 aromatic carbocycles. The van der Waals surface area contributed by atoms with Crippen LogP contribution in [0.1, 0.15) is 25.5 Å². The van der Waals surface area contributed by atoms with Crippen LogP contribution in [0.25, 0.3) is 11.5 Å². The van der Waals surface area contributed by atoms with Gasteiger partial charge < -0.3 is 9.52 Å². The largest absolute Gasteiger partial charge is 0.444 e. The van der Waals surface area contributed by atoms with Crippen LogP contribution in [0.15, 0.2) is 41.0 Å². The summed E-state index contributed by atoms with van der Waals surface area (Å²) < 4.78 is 5.54. The molecule has 1 atom stereocenters. The monoisotopic (exact) mass is 272 g/mol. The van der Waals surface area contributed by atoms with Crippen LogP contribution < -0.4 is 0 Å². The maximum absolute atomic E-state index is 10.1. The van der Waals surface area contributed by atoms with Gasteiger partial charge in [0.25, 0.3) is 0 Å². The minimum absolute atomic E-state index is 0.579. The first kappa shape index (κ1) is 13.3. The standard InChI is InChI=1S/C16H20N2O2/c1-16(19)8-5-9-18(12-16)10-14-11-20-15(17-14)13-6-3-2-4-7-13/h2-4,6-7,11,19H,5,8-10,12H2,1H3. The first-order valence-corrected chi connectivity index (χ1v) is 7.07. The molecule has 4 nitrogen and oxygen atoms in total. The smallest absolute Gasteiger partial charge is 0.226 e. The summed E-state index contributed by atoms with van der Waals surface area (Å²) in [5.74, 6) is 0.657. The molecule has 2 heterocycles. The van der Waals surface area contributed by atoms with Crippen molar-refractivity contribution in [2.75, 3.05) is 13.1 Å². The number of aromatic nitrogens is 1. The molecule has 1 aliphatic rings. The predicted molar refractivity (Wildman–Crippen MR) is 77.1 cm³/mol. The van der Waals surface area contributed by atoms with Gasteiger partial charge in [0.05, 0.1) is 11.3 Å². The first-order chi connectivity index (χ1) is 9.62. The summed E-state index contributed by atoms with van der Waals surface area (Å²) in [7, 11) is 0. The lowest BCUT2D eigenvalue weighted by Gasteiger charge is -2.36. The molecule has 1 aromatic heterocycles. The third kappa shape index (κ3) is 3.08. The van der Waals surface area contributed by atoms with Gasteiger partial charge in [0.2, 0.25) is 5.89 Å². The number of rotatable bonds is 3. The van der Waals surface area contributed by atoms with Gasteiger partial charge in [-0.05, 0) is 38.4 Å². The van der Waals surface area contributed by atoms with Crippen LogP contribution >= 0.6 is 0 Å². The average Bonchev–Trinajstić information content (AvgIpc) is 2.87. The van der Waals surface area contributed by atoms with Gasteiger partial charge in [-0.2, -0.15) is 0 Å². The summed E-state index contributed by atoms with van der Waals surface area (Å²) in [5, 5.41) is 10.1. The number of hydrogen-bond donors (Lipinski definition) is 1. The van der Waals surface area contributed by atoms with Crippen molar-refractivity contribution in [1.82, 2.24) is 9.88 Å². The van der Waals surface area contributed by atoms with E-state index in [1.165, 1.54) is 0 Å². The second-order valence-corrected chi connectivity index (χ2v) is 5.82. The van der Waals surface area contributed by atoms with Crippen molar-refractivity contribution in [2.45, 2.75) is 31.9 Å². The molecular formula is C16H20N2O2. The fraction of sp³-hybridized carbons (Fsp3) is 0.438. The van der Waals surface area contributed by atoms with Crippen molar-refractivity contribution < 1.29 is 9.52 Å². The van der Waals surface area contributed by atoms with Crippen LogP contribution in [0.3, 0.4) is 0 Å². The van der Waals surface area contributed by atoms with Crippen LogP contribution in [0.4, 0.5) is 0 Å². The summed E-state index contributed by atoms with van der Waals surface area (Å²) in [6, 6.07) is 9.90. The second kappa shape index (κ2) is 5.38. The molecule has 3 rings (SSSR count). The molecule has 20 heavy (non-hydrogen) atoms. The Morgan fingerprint density at radius 2 is 2.15 bits per heavy atom. The maximum Gasteiger partial charge on any atom is 0.226 e. The summed E-state index contributed by atoms with van der Waals surface area (Å²) in [6.45, 7) is 4.33. The molecule has 2 aromatic rings. The molecule has 1 unspecified atom stereocenters. The van der Waals surface area contributed by atoms with Gasteiger partial charge in [-0.3, -0.25) is 4.90 Å². The van der Waals surface area contributed by atoms with E-state index >= 15 is 0 Å². The average molecular weight is 272 g/mol. The van der Waals surface area contributed by atoms with E-state index in [0.717, 1.165) is 37.2 Å². The van der Waals surface area contributed by atoms with Gasteiger partial charge in [-0.1, -0.05) is 18.2 Å². The lowest BCUT2D eigenvalue weighted by atomic mass is 9.95. The van der Waals surface area contributed by atoms with Crippen molar-refractivity contribution in [3.8, 4) is 11.5 Å². The Labute approximate surface area is 119 Å². The van der Waals surface area contributed by atoms with E-state index in [-0.39, 0.29) is 0 Å². The van der Waals surface area contributed by atoms with Gasteiger partial charge in [0.15, 0.2) is 0 Å². The summed E-state index contributed by atoms with van der Waals surface area (Å²) in [5.41, 5.74) is 1.33. The number of nitrogens with zero attached hydrogens (tertiary/aromatic N) is 2. The minimum Gasteiger partial charge on any atom is -0.444 e. The van der Waals surface area contributed by atoms with Crippen molar-refractivity contribution in [3.63, 3.8) is 0 Å². The Bertz CT molecular complexity index is 563. The van der Waals surface area contributed by atoms with Crippen LogP contribution in [-0.2, 0) is 6.54 Å². The molecule has 0 saturated carbocycles. The number of β-amino-alcohol motifs (C(OH)–C–C–N with tert-alkyl or cyclic N) is 1. The Hall–Kier alpha value is -1.65. The molecule has 0 bridgehead atoms. The van der Waals surface area contributed by atoms with Crippen molar-refractivity contribution in [1.29, 1.82) is 0 Å². The van der Waals surface area contributed by atoms with Crippen molar-refractivity contribution in [3.05, 3.63) is 42.3 Å². The highest BCUT2D eigenvalue weighted by Gasteiger charge is 2.28. The third-order valence-electron chi connectivity index (χ3n) is 3.71. The predicted octanol–water partition coefficient (Wildman–Crippen LogP) is 2.69. The summed E-state index contributed by atoms with van der Waals surface area (Å²) in [6.07, 6.45) is 3.61. The molecule has 106 valence electrons. The molecule has 1 N–H and O–H groups in total. The van der Waals surface area contributed by atoms with Crippen LogP contribution in [0.2, 0.25) is 0 Å².